The van der Waals surface area contributed by atoms with Gasteiger partial charge in [0, 0.05) is 18.8 Å². The van der Waals surface area contributed by atoms with Crippen LogP contribution in [-0.4, -0.2) is 27.5 Å². The van der Waals surface area contributed by atoms with Crippen LogP contribution in [0.1, 0.15) is 57.7 Å². The highest BCUT2D eigenvalue weighted by Crippen LogP contribution is 2.23. The second-order valence-corrected chi connectivity index (χ2v) is 5.85. The van der Waals surface area contributed by atoms with Crippen LogP contribution in [0.4, 0.5) is 0 Å². The third kappa shape index (κ3) is 4.32. The summed E-state index contributed by atoms with van der Waals surface area (Å²) in [7, 11) is 0. The Hall–Kier alpha value is -0.870. The smallest absolute Gasteiger partial charge is 0.0762 e. The van der Waals surface area contributed by atoms with Crippen molar-refractivity contribution in [2.75, 3.05) is 6.54 Å². The van der Waals surface area contributed by atoms with E-state index >= 15 is 0 Å². The van der Waals surface area contributed by atoms with E-state index in [1.54, 1.807) is 0 Å². The molecule has 4 nitrogen and oxygen atoms in total. The van der Waals surface area contributed by atoms with E-state index in [4.69, 9.17) is 0 Å². The standard InChI is InChI=1S/C15H27N3O/c1-3-12(2)18-9-8-14(17-18)11-16-10-13-4-6-15(19)7-5-13/h8-9,12-13,15-16,19H,3-7,10-11H2,1-2H3. The lowest BCUT2D eigenvalue weighted by Crippen LogP contribution is -2.27. The topological polar surface area (TPSA) is 50.1 Å². The summed E-state index contributed by atoms with van der Waals surface area (Å²) in [6, 6.07) is 2.58. The maximum absolute atomic E-state index is 9.48. The Balaban J connectivity index is 1.69. The van der Waals surface area contributed by atoms with Crippen molar-refractivity contribution >= 4 is 0 Å². The van der Waals surface area contributed by atoms with E-state index in [0.717, 1.165) is 56.8 Å². The van der Waals surface area contributed by atoms with Crippen molar-refractivity contribution in [3.63, 3.8) is 0 Å². The van der Waals surface area contributed by atoms with Crippen molar-refractivity contribution in [3.05, 3.63) is 18.0 Å². The zero-order chi connectivity index (χ0) is 13.7. The van der Waals surface area contributed by atoms with Gasteiger partial charge in [-0.05, 0) is 57.6 Å². The maximum atomic E-state index is 9.48. The first kappa shape index (κ1) is 14.5. The Bertz CT molecular complexity index is 369. The SMILES string of the molecule is CCC(C)n1ccc(CNCC2CCC(O)CC2)n1. The van der Waals surface area contributed by atoms with Gasteiger partial charge in [-0.1, -0.05) is 6.92 Å². The number of aliphatic hydroxyl groups is 1. The van der Waals surface area contributed by atoms with Crippen LogP contribution >= 0.6 is 0 Å². The summed E-state index contributed by atoms with van der Waals surface area (Å²) in [5, 5.41) is 17.6. The van der Waals surface area contributed by atoms with Gasteiger partial charge in [0.15, 0.2) is 0 Å². The van der Waals surface area contributed by atoms with Crippen molar-refractivity contribution < 1.29 is 5.11 Å². The van der Waals surface area contributed by atoms with Crippen molar-refractivity contribution in [1.29, 1.82) is 0 Å². The van der Waals surface area contributed by atoms with Gasteiger partial charge in [0.05, 0.1) is 11.8 Å². The number of hydrogen-bond acceptors (Lipinski definition) is 3. The van der Waals surface area contributed by atoms with E-state index in [-0.39, 0.29) is 6.10 Å². The van der Waals surface area contributed by atoms with Crippen molar-refractivity contribution in [2.24, 2.45) is 5.92 Å². The van der Waals surface area contributed by atoms with Gasteiger partial charge in [0.1, 0.15) is 0 Å². The van der Waals surface area contributed by atoms with Gasteiger partial charge in [-0.15, -0.1) is 0 Å². The van der Waals surface area contributed by atoms with Gasteiger partial charge in [-0.2, -0.15) is 5.10 Å². The van der Waals surface area contributed by atoms with E-state index < -0.39 is 0 Å². The van der Waals surface area contributed by atoms with E-state index in [1.165, 1.54) is 0 Å². The van der Waals surface area contributed by atoms with E-state index in [0.29, 0.717) is 6.04 Å². The summed E-state index contributed by atoms with van der Waals surface area (Å²) in [5.41, 5.74) is 1.12. The Morgan fingerprint density at radius 3 is 2.84 bits per heavy atom. The first-order valence-electron chi connectivity index (χ1n) is 7.61. The van der Waals surface area contributed by atoms with Crippen LogP contribution in [0.2, 0.25) is 0 Å². The second kappa shape index (κ2) is 7.06. The van der Waals surface area contributed by atoms with Crippen molar-refractivity contribution in [1.82, 2.24) is 15.1 Å². The normalized spacial score (nSPS) is 25.4. The fraction of sp³-hybridized carbons (Fsp3) is 0.800. The molecule has 1 saturated carbocycles. The van der Waals surface area contributed by atoms with Crippen LogP contribution < -0.4 is 5.32 Å². The Kier molecular flexibility index (Phi) is 5.40. The van der Waals surface area contributed by atoms with Crippen molar-refractivity contribution in [3.8, 4) is 0 Å². The molecule has 0 aliphatic heterocycles. The molecule has 0 aromatic carbocycles. The number of aromatic nitrogens is 2. The zero-order valence-electron chi connectivity index (χ0n) is 12.2. The number of rotatable bonds is 6. The average molecular weight is 265 g/mol. The summed E-state index contributed by atoms with van der Waals surface area (Å²) in [5.74, 6) is 0.722. The molecule has 1 aromatic heterocycles. The minimum Gasteiger partial charge on any atom is -0.393 e. The molecular weight excluding hydrogens is 238 g/mol. The molecule has 2 rings (SSSR count). The molecule has 1 aromatic rings. The average Bonchev–Trinajstić information content (AvgIpc) is 2.89. The molecule has 1 atom stereocenters. The van der Waals surface area contributed by atoms with E-state index in [1.807, 2.05) is 4.68 Å². The van der Waals surface area contributed by atoms with E-state index in [2.05, 4.69) is 36.5 Å². The second-order valence-electron chi connectivity index (χ2n) is 5.85. The molecule has 19 heavy (non-hydrogen) atoms. The van der Waals surface area contributed by atoms with Gasteiger partial charge < -0.3 is 10.4 Å². The lowest BCUT2D eigenvalue weighted by molar-refractivity contribution is 0.108. The first-order valence-corrected chi connectivity index (χ1v) is 7.61. The highest BCUT2D eigenvalue weighted by atomic mass is 16.3. The Morgan fingerprint density at radius 2 is 2.16 bits per heavy atom. The minimum atomic E-state index is -0.0533. The third-order valence-electron chi connectivity index (χ3n) is 4.26. The molecule has 1 aliphatic carbocycles. The number of nitrogens with zero attached hydrogens (tertiary/aromatic N) is 2. The molecule has 2 N–H and O–H groups in total. The van der Waals surface area contributed by atoms with Gasteiger partial charge in [-0.3, -0.25) is 4.68 Å². The molecule has 0 radical (unpaired) electrons. The van der Waals surface area contributed by atoms with Crippen LogP contribution in [0.15, 0.2) is 12.3 Å². The number of aliphatic hydroxyl groups excluding tert-OH is 1. The minimum absolute atomic E-state index is 0.0533. The first-order chi connectivity index (χ1) is 9.19. The van der Waals surface area contributed by atoms with Crippen LogP contribution in [0, 0.1) is 5.92 Å². The van der Waals surface area contributed by atoms with Crippen LogP contribution in [0.3, 0.4) is 0 Å². The highest BCUT2D eigenvalue weighted by Gasteiger charge is 2.18. The predicted octanol–water partition coefficient (Wildman–Crippen LogP) is 2.49. The molecule has 4 heteroatoms. The molecule has 1 fully saturated rings. The monoisotopic (exact) mass is 265 g/mol. The van der Waals surface area contributed by atoms with Crippen molar-refractivity contribution in [2.45, 2.75) is 64.6 Å². The molecule has 108 valence electrons. The van der Waals surface area contributed by atoms with Gasteiger partial charge in [-0.25, -0.2) is 0 Å². The molecule has 0 amide bonds. The maximum Gasteiger partial charge on any atom is 0.0762 e. The lowest BCUT2D eigenvalue weighted by Gasteiger charge is -2.25. The van der Waals surface area contributed by atoms with Crippen LogP contribution in [0.25, 0.3) is 0 Å². The van der Waals surface area contributed by atoms with Gasteiger partial charge >= 0.3 is 0 Å². The van der Waals surface area contributed by atoms with Gasteiger partial charge in [0.2, 0.25) is 0 Å². The highest BCUT2D eigenvalue weighted by molar-refractivity contribution is 4.99. The molecule has 0 bridgehead atoms. The molecular formula is C15H27N3O. The molecule has 0 spiro atoms. The summed E-state index contributed by atoms with van der Waals surface area (Å²) in [6.45, 7) is 6.27. The summed E-state index contributed by atoms with van der Waals surface area (Å²) in [4.78, 5) is 0. The quantitative estimate of drug-likeness (QED) is 0.831. The summed E-state index contributed by atoms with van der Waals surface area (Å²) in [6.07, 6.45) is 7.36. The fourth-order valence-electron chi connectivity index (χ4n) is 2.66. The molecule has 1 heterocycles. The zero-order valence-corrected chi connectivity index (χ0v) is 12.2. The molecule has 1 aliphatic rings. The molecule has 1 unspecified atom stereocenters. The van der Waals surface area contributed by atoms with E-state index in [9.17, 15) is 5.11 Å². The Labute approximate surface area is 116 Å². The number of hydrogen-bond donors (Lipinski definition) is 2. The molecule has 0 saturated heterocycles. The summed E-state index contributed by atoms with van der Waals surface area (Å²) < 4.78 is 2.05. The lowest BCUT2D eigenvalue weighted by atomic mass is 9.87. The summed E-state index contributed by atoms with van der Waals surface area (Å²) >= 11 is 0. The van der Waals surface area contributed by atoms with Gasteiger partial charge in [0.25, 0.3) is 0 Å². The number of nitrogens with one attached hydrogen (secondary N) is 1. The Morgan fingerprint density at radius 1 is 1.42 bits per heavy atom. The predicted molar refractivity (Wildman–Crippen MR) is 76.9 cm³/mol. The third-order valence-corrected chi connectivity index (χ3v) is 4.26. The van der Waals surface area contributed by atoms with Crippen LogP contribution in [0.5, 0.6) is 0 Å². The fourth-order valence-corrected chi connectivity index (χ4v) is 2.66. The largest absolute Gasteiger partial charge is 0.393 e. The van der Waals surface area contributed by atoms with Crippen LogP contribution in [-0.2, 0) is 6.54 Å².